The van der Waals surface area contributed by atoms with E-state index in [1.165, 1.54) is 27.8 Å². The van der Waals surface area contributed by atoms with Crippen molar-refractivity contribution in [1.29, 1.82) is 0 Å². The predicted molar refractivity (Wildman–Crippen MR) is 85.0 cm³/mol. The molecule has 1 atom stereocenters. The molecule has 0 saturated heterocycles. The van der Waals surface area contributed by atoms with Crippen molar-refractivity contribution >= 4 is 0 Å². The van der Waals surface area contributed by atoms with Crippen LogP contribution in [0, 0.1) is 20.8 Å². The van der Waals surface area contributed by atoms with Gasteiger partial charge in [-0.15, -0.1) is 0 Å². The molecule has 1 unspecified atom stereocenters. The van der Waals surface area contributed by atoms with Gasteiger partial charge in [-0.05, 0) is 67.6 Å². The van der Waals surface area contributed by atoms with Gasteiger partial charge in [0.2, 0.25) is 0 Å². The van der Waals surface area contributed by atoms with Crippen LogP contribution >= 0.6 is 0 Å². The normalized spacial score (nSPS) is 12.4. The van der Waals surface area contributed by atoms with Gasteiger partial charge in [-0.2, -0.15) is 0 Å². The third kappa shape index (κ3) is 3.45. The minimum Gasteiger partial charge on any atom is -0.310 e. The fraction of sp³-hybridized carbons (Fsp3) is 0.389. The van der Waals surface area contributed by atoms with Crippen LogP contribution in [0.5, 0.6) is 0 Å². The summed E-state index contributed by atoms with van der Waals surface area (Å²) in [5.41, 5.74) is 6.76. The standard InChI is InChI=1S/C18H24N2/c1-5-20-18(11-16-7-6-8-19-12-16)17-10-14(3)13(2)9-15(17)4/h6-10,12,18,20H,5,11H2,1-4H3. The fourth-order valence-electron chi connectivity index (χ4n) is 2.65. The lowest BCUT2D eigenvalue weighted by Crippen LogP contribution is -2.24. The van der Waals surface area contributed by atoms with Crippen LogP contribution in [0.15, 0.2) is 36.7 Å². The van der Waals surface area contributed by atoms with Crippen LogP contribution in [-0.4, -0.2) is 11.5 Å². The number of pyridine rings is 1. The average molecular weight is 268 g/mol. The highest BCUT2D eigenvalue weighted by molar-refractivity contribution is 5.39. The molecular formula is C18H24N2. The maximum absolute atomic E-state index is 4.22. The Kier molecular flexibility index (Phi) is 4.91. The summed E-state index contributed by atoms with van der Waals surface area (Å²) in [6.07, 6.45) is 4.76. The van der Waals surface area contributed by atoms with Crippen molar-refractivity contribution in [2.45, 2.75) is 40.2 Å². The molecule has 0 bridgehead atoms. The second-order valence-electron chi connectivity index (χ2n) is 5.47. The second-order valence-corrected chi connectivity index (χ2v) is 5.47. The number of hydrogen-bond acceptors (Lipinski definition) is 2. The largest absolute Gasteiger partial charge is 0.310 e. The molecule has 0 aliphatic rings. The minimum absolute atomic E-state index is 0.350. The molecule has 2 heteroatoms. The smallest absolute Gasteiger partial charge is 0.0364 e. The van der Waals surface area contributed by atoms with Gasteiger partial charge in [-0.3, -0.25) is 4.98 Å². The molecule has 2 rings (SSSR count). The molecule has 20 heavy (non-hydrogen) atoms. The summed E-state index contributed by atoms with van der Waals surface area (Å²) in [5.74, 6) is 0. The Morgan fingerprint density at radius 1 is 1.10 bits per heavy atom. The van der Waals surface area contributed by atoms with Gasteiger partial charge in [0, 0.05) is 18.4 Å². The lowest BCUT2D eigenvalue weighted by molar-refractivity contribution is 0.546. The number of nitrogens with zero attached hydrogens (tertiary/aromatic N) is 1. The lowest BCUT2D eigenvalue weighted by atomic mass is 9.92. The Bertz CT molecular complexity index is 561. The molecule has 0 aliphatic heterocycles. The number of hydrogen-bond donors (Lipinski definition) is 1. The monoisotopic (exact) mass is 268 g/mol. The highest BCUT2D eigenvalue weighted by Crippen LogP contribution is 2.24. The van der Waals surface area contributed by atoms with Crippen molar-refractivity contribution in [3.05, 3.63) is 64.5 Å². The van der Waals surface area contributed by atoms with Crippen molar-refractivity contribution in [3.8, 4) is 0 Å². The van der Waals surface area contributed by atoms with Gasteiger partial charge in [0.15, 0.2) is 0 Å². The molecule has 0 fully saturated rings. The first-order valence-corrected chi connectivity index (χ1v) is 7.31. The topological polar surface area (TPSA) is 24.9 Å². The van der Waals surface area contributed by atoms with Gasteiger partial charge in [-0.1, -0.05) is 25.1 Å². The summed E-state index contributed by atoms with van der Waals surface area (Å²) in [7, 11) is 0. The molecule has 1 aromatic heterocycles. The van der Waals surface area contributed by atoms with Crippen molar-refractivity contribution < 1.29 is 0 Å². The van der Waals surface area contributed by atoms with Crippen molar-refractivity contribution in [1.82, 2.24) is 10.3 Å². The molecular weight excluding hydrogens is 244 g/mol. The van der Waals surface area contributed by atoms with Crippen molar-refractivity contribution in [2.24, 2.45) is 0 Å². The van der Waals surface area contributed by atoms with Gasteiger partial charge in [0.1, 0.15) is 0 Å². The SMILES string of the molecule is CCNC(Cc1cccnc1)c1cc(C)c(C)cc1C. The number of aromatic nitrogens is 1. The van der Waals surface area contributed by atoms with Crippen LogP contribution < -0.4 is 5.32 Å². The van der Waals surface area contributed by atoms with E-state index in [0.717, 1.165) is 13.0 Å². The zero-order valence-corrected chi connectivity index (χ0v) is 12.9. The molecule has 0 saturated carbocycles. The molecule has 0 aliphatic carbocycles. The quantitative estimate of drug-likeness (QED) is 0.889. The van der Waals surface area contributed by atoms with E-state index < -0.39 is 0 Å². The van der Waals surface area contributed by atoms with E-state index >= 15 is 0 Å². The van der Waals surface area contributed by atoms with Crippen molar-refractivity contribution in [2.75, 3.05) is 6.54 Å². The molecule has 2 aromatic rings. The van der Waals surface area contributed by atoms with Crippen LogP contribution in [0.3, 0.4) is 0 Å². The van der Waals surface area contributed by atoms with Gasteiger partial charge in [0.25, 0.3) is 0 Å². The summed E-state index contributed by atoms with van der Waals surface area (Å²) < 4.78 is 0. The summed E-state index contributed by atoms with van der Waals surface area (Å²) in [6.45, 7) is 9.69. The van der Waals surface area contributed by atoms with Gasteiger partial charge in [0.05, 0.1) is 0 Å². The highest BCUT2D eigenvalue weighted by Gasteiger charge is 2.14. The first kappa shape index (κ1) is 14.7. The molecule has 1 aromatic carbocycles. The van der Waals surface area contributed by atoms with Crippen LogP contribution in [0.2, 0.25) is 0 Å². The van der Waals surface area contributed by atoms with E-state index in [1.807, 2.05) is 18.5 Å². The third-order valence-electron chi connectivity index (χ3n) is 3.87. The third-order valence-corrected chi connectivity index (χ3v) is 3.87. The number of nitrogens with one attached hydrogen (secondary N) is 1. The number of benzene rings is 1. The molecule has 1 N–H and O–H groups in total. The molecule has 0 spiro atoms. The Hall–Kier alpha value is -1.67. The maximum Gasteiger partial charge on any atom is 0.0364 e. The molecule has 0 radical (unpaired) electrons. The van der Waals surface area contributed by atoms with E-state index in [0.29, 0.717) is 6.04 Å². The van der Waals surface area contributed by atoms with E-state index in [-0.39, 0.29) is 0 Å². The summed E-state index contributed by atoms with van der Waals surface area (Å²) >= 11 is 0. The van der Waals surface area contributed by atoms with Crippen molar-refractivity contribution in [3.63, 3.8) is 0 Å². The van der Waals surface area contributed by atoms with Gasteiger partial charge in [-0.25, -0.2) is 0 Å². The summed E-state index contributed by atoms with van der Waals surface area (Å²) in [5, 5.41) is 3.61. The number of likely N-dealkylation sites (N-methyl/N-ethyl adjacent to an activating group) is 1. The fourth-order valence-corrected chi connectivity index (χ4v) is 2.65. The van der Waals surface area contributed by atoms with E-state index in [9.17, 15) is 0 Å². The molecule has 0 amide bonds. The first-order valence-electron chi connectivity index (χ1n) is 7.31. The van der Waals surface area contributed by atoms with Crippen LogP contribution in [0.1, 0.15) is 40.8 Å². The maximum atomic E-state index is 4.22. The van der Waals surface area contributed by atoms with Gasteiger partial charge < -0.3 is 5.32 Å². The van der Waals surface area contributed by atoms with Gasteiger partial charge >= 0.3 is 0 Å². The number of rotatable bonds is 5. The second kappa shape index (κ2) is 6.67. The number of aryl methyl sites for hydroxylation is 3. The zero-order chi connectivity index (χ0) is 14.5. The minimum atomic E-state index is 0.350. The van der Waals surface area contributed by atoms with Crippen LogP contribution in [-0.2, 0) is 6.42 Å². The Morgan fingerprint density at radius 3 is 2.50 bits per heavy atom. The lowest BCUT2D eigenvalue weighted by Gasteiger charge is -2.22. The highest BCUT2D eigenvalue weighted by atomic mass is 14.9. The Labute approximate surface area is 122 Å². The van der Waals surface area contributed by atoms with Crippen LogP contribution in [0.4, 0.5) is 0 Å². The molecule has 2 nitrogen and oxygen atoms in total. The molecule has 1 heterocycles. The summed E-state index contributed by atoms with van der Waals surface area (Å²) in [4.78, 5) is 4.22. The molecule has 106 valence electrons. The predicted octanol–water partition coefficient (Wildman–Crippen LogP) is 3.90. The van der Waals surface area contributed by atoms with E-state index in [2.05, 4.69) is 56.2 Å². The van der Waals surface area contributed by atoms with Crippen LogP contribution in [0.25, 0.3) is 0 Å². The zero-order valence-electron chi connectivity index (χ0n) is 12.9. The average Bonchev–Trinajstić information content (AvgIpc) is 2.44. The van der Waals surface area contributed by atoms with E-state index in [4.69, 9.17) is 0 Å². The Balaban J connectivity index is 2.31. The van der Waals surface area contributed by atoms with E-state index in [1.54, 1.807) is 0 Å². The Morgan fingerprint density at radius 2 is 1.85 bits per heavy atom. The summed E-state index contributed by atoms with van der Waals surface area (Å²) in [6, 6.07) is 9.12. The first-order chi connectivity index (χ1) is 9.61.